The van der Waals surface area contributed by atoms with Gasteiger partial charge in [0, 0.05) is 18.9 Å². The molecule has 6 heteroatoms. The number of nitrogens with one attached hydrogen (secondary N) is 1. The fraction of sp³-hybridized carbons (Fsp3) is 0.583. The Hall–Kier alpha value is -1.69. The van der Waals surface area contributed by atoms with Crippen LogP contribution in [0.15, 0.2) is 12.4 Å². The normalized spacial score (nSPS) is 11.0. The molecule has 6 nitrogen and oxygen atoms in total. The van der Waals surface area contributed by atoms with Gasteiger partial charge in [0.25, 0.3) is 0 Å². The molecule has 0 aliphatic heterocycles. The van der Waals surface area contributed by atoms with Crippen molar-refractivity contribution in [1.82, 2.24) is 19.6 Å². The number of hydrogen-bond donors (Lipinski definition) is 2. The Balaban J connectivity index is 1.88. The molecule has 2 heterocycles. The zero-order chi connectivity index (χ0) is 12.8. The van der Waals surface area contributed by atoms with Gasteiger partial charge >= 0.3 is 0 Å². The van der Waals surface area contributed by atoms with E-state index in [0.29, 0.717) is 0 Å². The van der Waals surface area contributed by atoms with Crippen LogP contribution in [0.2, 0.25) is 0 Å². The van der Waals surface area contributed by atoms with Crippen LogP contribution in [0, 0.1) is 6.92 Å². The molecule has 0 aliphatic carbocycles. The number of unbranched alkanes of at least 4 members (excludes halogenated alkanes) is 3. The van der Waals surface area contributed by atoms with Crippen LogP contribution in [-0.2, 0) is 0 Å². The first-order chi connectivity index (χ1) is 8.83. The largest absolute Gasteiger partial charge is 0.367 e. The topological polar surface area (TPSA) is 81.1 Å². The van der Waals surface area contributed by atoms with E-state index in [2.05, 4.69) is 20.5 Å². The summed E-state index contributed by atoms with van der Waals surface area (Å²) in [7, 11) is 0. The Kier molecular flexibility index (Phi) is 4.46. The van der Waals surface area contributed by atoms with Crippen LogP contribution in [0.4, 0.5) is 5.82 Å². The first-order valence-electron chi connectivity index (χ1n) is 6.43. The first kappa shape index (κ1) is 12.8. The molecule has 0 unspecified atom stereocenters. The van der Waals surface area contributed by atoms with Crippen molar-refractivity contribution in [2.75, 3.05) is 18.4 Å². The molecule has 0 saturated carbocycles. The number of fused-ring (bicyclic) bond motifs is 1. The van der Waals surface area contributed by atoms with Crippen molar-refractivity contribution in [3.8, 4) is 0 Å². The second kappa shape index (κ2) is 6.30. The van der Waals surface area contributed by atoms with E-state index in [-0.39, 0.29) is 0 Å². The molecule has 18 heavy (non-hydrogen) atoms. The van der Waals surface area contributed by atoms with Crippen LogP contribution in [0.25, 0.3) is 5.65 Å². The molecule has 3 N–H and O–H groups in total. The van der Waals surface area contributed by atoms with Crippen molar-refractivity contribution in [2.24, 2.45) is 5.73 Å². The molecule has 0 aromatic carbocycles. The third kappa shape index (κ3) is 2.95. The fourth-order valence-corrected chi connectivity index (χ4v) is 1.90. The van der Waals surface area contributed by atoms with Crippen molar-refractivity contribution in [1.29, 1.82) is 0 Å². The molecular weight excluding hydrogens is 228 g/mol. The highest BCUT2D eigenvalue weighted by Crippen LogP contribution is 2.12. The molecule has 2 rings (SSSR count). The van der Waals surface area contributed by atoms with Gasteiger partial charge in [-0.25, -0.2) is 4.98 Å². The average molecular weight is 248 g/mol. The van der Waals surface area contributed by atoms with Gasteiger partial charge < -0.3 is 11.1 Å². The van der Waals surface area contributed by atoms with Crippen LogP contribution >= 0.6 is 0 Å². The summed E-state index contributed by atoms with van der Waals surface area (Å²) in [5.74, 6) is 1.68. The Morgan fingerprint density at radius 1 is 1.22 bits per heavy atom. The Morgan fingerprint density at radius 2 is 2.06 bits per heavy atom. The maximum absolute atomic E-state index is 5.46. The molecule has 0 bridgehead atoms. The minimum absolute atomic E-state index is 0.785. The van der Waals surface area contributed by atoms with E-state index < -0.39 is 0 Å². The van der Waals surface area contributed by atoms with Gasteiger partial charge in [-0.15, -0.1) is 10.2 Å². The maximum atomic E-state index is 5.46. The summed E-state index contributed by atoms with van der Waals surface area (Å²) >= 11 is 0. The van der Waals surface area contributed by atoms with E-state index in [0.717, 1.165) is 43.2 Å². The van der Waals surface area contributed by atoms with Gasteiger partial charge in [0.05, 0.1) is 0 Å². The molecule has 0 fully saturated rings. The van der Waals surface area contributed by atoms with Gasteiger partial charge in [-0.05, 0) is 26.3 Å². The smallest absolute Gasteiger partial charge is 0.203 e. The van der Waals surface area contributed by atoms with Crippen molar-refractivity contribution in [3.63, 3.8) is 0 Å². The lowest BCUT2D eigenvalue weighted by atomic mass is 10.2. The maximum Gasteiger partial charge on any atom is 0.203 e. The van der Waals surface area contributed by atoms with Gasteiger partial charge in [0.2, 0.25) is 5.65 Å². The van der Waals surface area contributed by atoms with E-state index in [1.807, 2.05) is 17.5 Å². The summed E-state index contributed by atoms with van der Waals surface area (Å²) in [5.41, 5.74) is 6.24. The molecule has 0 atom stereocenters. The highest BCUT2D eigenvalue weighted by atomic mass is 15.3. The molecule has 0 amide bonds. The molecule has 0 radical (unpaired) electrons. The number of aromatic nitrogens is 4. The summed E-state index contributed by atoms with van der Waals surface area (Å²) < 4.78 is 1.93. The predicted octanol–water partition coefficient (Wildman–Crippen LogP) is 1.36. The fourth-order valence-electron chi connectivity index (χ4n) is 1.90. The van der Waals surface area contributed by atoms with Crippen molar-refractivity contribution >= 4 is 11.5 Å². The van der Waals surface area contributed by atoms with Gasteiger partial charge in [-0.1, -0.05) is 12.8 Å². The van der Waals surface area contributed by atoms with E-state index >= 15 is 0 Å². The third-order valence-electron chi connectivity index (χ3n) is 2.92. The quantitative estimate of drug-likeness (QED) is 0.723. The second-order valence-electron chi connectivity index (χ2n) is 4.35. The van der Waals surface area contributed by atoms with Crippen LogP contribution < -0.4 is 11.1 Å². The summed E-state index contributed by atoms with van der Waals surface area (Å²) in [6.45, 7) is 3.62. The minimum atomic E-state index is 0.785. The summed E-state index contributed by atoms with van der Waals surface area (Å²) in [4.78, 5) is 4.30. The number of hydrogen-bond acceptors (Lipinski definition) is 5. The number of aryl methyl sites for hydroxylation is 1. The molecular formula is C12H20N6. The molecule has 98 valence electrons. The van der Waals surface area contributed by atoms with Crippen molar-refractivity contribution in [3.05, 3.63) is 18.2 Å². The van der Waals surface area contributed by atoms with Gasteiger partial charge in [0.1, 0.15) is 5.82 Å². The SMILES string of the molecule is Cc1nnc2c(NCCCCCCN)nccn12. The minimum Gasteiger partial charge on any atom is -0.367 e. The predicted molar refractivity (Wildman–Crippen MR) is 71.5 cm³/mol. The summed E-state index contributed by atoms with van der Waals surface area (Å²) in [6.07, 6.45) is 8.25. The van der Waals surface area contributed by atoms with Gasteiger partial charge in [0.15, 0.2) is 5.82 Å². The monoisotopic (exact) mass is 248 g/mol. The first-order valence-corrected chi connectivity index (χ1v) is 6.43. The number of rotatable bonds is 7. The van der Waals surface area contributed by atoms with Gasteiger partial charge in [-0.2, -0.15) is 0 Å². The summed E-state index contributed by atoms with van der Waals surface area (Å²) in [5, 5.41) is 11.5. The third-order valence-corrected chi connectivity index (χ3v) is 2.92. The molecule has 0 spiro atoms. The lowest BCUT2D eigenvalue weighted by molar-refractivity contribution is 0.661. The zero-order valence-corrected chi connectivity index (χ0v) is 10.8. The Morgan fingerprint density at radius 3 is 2.89 bits per heavy atom. The lowest BCUT2D eigenvalue weighted by Crippen LogP contribution is -2.06. The molecule has 2 aromatic heterocycles. The zero-order valence-electron chi connectivity index (χ0n) is 10.8. The molecule has 2 aromatic rings. The van der Waals surface area contributed by atoms with Crippen molar-refractivity contribution in [2.45, 2.75) is 32.6 Å². The Bertz CT molecular complexity index is 492. The van der Waals surface area contributed by atoms with E-state index in [1.165, 1.54) is 12.8 Å². The van der Waals surface area contributed by atoms with E-state index in [1.54, 1.807) is 6.20 Å². The Labute approximate surface area is 107 Å². The lowest BCUT2D eigenvalue weighted by Gasteiger charge is -2.06. The average Bonchev–Trinajstić information content (AvgIpc) is 2.77. The van der Waals surface area contributed by atoms with Crippen LogP contribution in [0.5, 0.6) is 0 Å². The second-order valence-corrected chi connectivity index (χ2v) is 4.35. The van der Waals surface area contributed by atoms with Crippen LogP contribution in [0.1, 0.15) is 31.5 Å². The van der Waals surface area contributed by atoms with Gasteiger partial charge in [-0.3, -0.25) is 4.40 Å². The standard InChI is InChI=1S/C12H20N6/c1-10-16-17-12-11(15-8-9-18(10)12)14-7-5-3-2-4-6-13/h8-9H,2-7,13H2,1H3,(H,14,15). The number of nitrogens with two attached hydrogens (primary N) is 1. The van der Waals surface area contributed by atoms with Crippen LogP contribution in [0.3, 0.4) is 0 Å². The van der Waals surface area contributed by atoms with Crippen LogP contribution in [-0.4, -0.2) is 32.7 Å². The highest BCUT2D eigenvalue weighted by molar-refractivity contribution is 5.61. The number of anilines is 1. The molecule has 0 aliphatic rings. The van der Waals surface area contributed by atoms with Crippen molar-refractivity contribution < 1.29 is 0 Å². The van der Waals surface area contributed by atoms with E-state index in [4.69, 9.17) is 5.73 Å². The number of nitrogens with zero attached hydrogens (tertiary/aromatic N) is 4. The highest BCUT2D eigenvalue weighted by Gasteiger charge is 2.06. The van der Waals surface area contributed by atoms with E-state index in [9.17, 15) is 0 Å². The molecule has 0 saturated heterocycles. The summed E-state index contributed by atoms with van der Waals surface area (Å²) in [6, 6.07) is 0.